The smallest absolute Gasteiger partial charge is 0.238 e. The van der Waals surface area contributed by atoms with Gasteiger partial charge in [-0.25, -0.2) is 0 Å². The Bertz CT molecular complexity index is 880. The van der Waals surface area contributed by atoms with Crippen LogP contribution in [-0.4, -0.2) is 75.0 Å². The standard InChI is InChI=1S/C23H30ClN5O2/c1-27(2)19-9-7-18(8-10-19)25-22(30)11-12-28-13-15-29(16-14-28)17-23(31)26-21-6-4-3-5-20(21)24/h3-10H,11-17H2,1-2H3,(H,25,30)(H,26,31). The van der Waals surface area contributed by atoms with Gasteiger partial charge in [0.1, 0.15) is 0 Å². The summed E-state index contributed by atoms with van der Waals surface area (Å²) in [6, 6.07) is 15.0. The van der Waals surface area contributed by atoms with Crippen molar-refractivity contribution in [2.45, 2.75) is 6.42 Å². The van der Waals surface area contributed by atoms with E-state index >= 15 is 0 Å². The van der Waals surface area contributed by atoms with E-state index in [1.54, 1.807) is 12.1 Å². The lowest BCUT2D eigenvalue weighted by molar-refractivity contribution is -0.117. The molecule has 1 fully saturated rings. The molecule has 8 heteroatoms. The van der Waals surface area contributed by atoms with E-state index in [4.69, 9.17) is 11.6 Å². The lowest BCUT2D eigenvalue weighted by Gasteiger charge is -2.34. The van der Waals surface area contributed by atoms with Crippen molar-refractivity contribution in [2.75, 3.05) is 68.9 Å². The van der Waals surface area contributed by atoms with Crippen LogP contribution in [0.15, 0.2) is 48.5 Å². The lowest BCUT2D eigenvalue weighted by atomic mass is 10.2. The van der Waals surface area contributed by atoms with Gasteiger partial charge in [-0.2, -0.15) is 0 Å². The van der Waals surface area contributed by atoms with E-state index in [1.165, 1.54) is 0 Å². The summed E-state index contributed by atoms with van der Waals surface area (Å²) in [5, 5.41) is 6.35. The Morgan fingerprint density at radius 3 is 2.19 bits per heavy atom. The Kier molecular flexibility index (Phi) is 8.28. The van der Waals surface area contributed by atoms with Crippen LogP contribution in [0.25, 0.3) is 0 Å². The Morgan fingerprint density at radius 2 is 1.55 bits per heavy atom. The number of nitrogens with zero attached hydrogens (tertiary/aromatic N) is 3. The van der Waals surface area contributed by atoms with Crippen molar-refractivity contribution in [3.05, 3.63) is 53.6 Å². The van der Waals surface area contributed by atoms with Gasteiger partial charge in [-0.15, -0.1) is 0 Å². The van der Waals surface area contributed by atoms with Gasteiger partial charge in [0.15, 0.2) is 0 Å². The minimum Gasteiger partial charge on any atom is -0.378 e. The molecule has 0 spiro atoms. The second-order valence-electron chi connectivity index (χ2n) is 7.89. The highest BCUT2D eigenvalue weighted by Crippen LogP contribution is 2.20. The molecule has 2 aromatic carbocycles. The number of hydrogen-bond donors (Lipinski definition) is 2. The van der Waals surface area contributed by atoms with Crippen LogP contribution >= 0.6 is 11.6 Å². The first-order valence-corrected chi connectivity index (χ1v) is 10.8. The van der Waals surface area contributed by atoms with E-state index in [-0.39, 0.29) is 11.8 Å². The zero-order chi connectivity index (χ0) is 22.2. The molecular formula is C23H30ClN5O2. The number of para-hydroxylation sites is 1. The fourth-order valence-corrected chi connectivity index (χ4v) is 3.64. The molecule has 1 aliphatic heterocycles. The summed E-state index contributed by atoms with van der Waals surface area (Å²) in [6.07, 6.45) is 0.447. The number of piperazine rings is 1. The third-order valence-corrected chi connectivity index (χ3v) is 5.63. The highest BCUT2D eigenvalue weighted by Gasteiger charge is 2.19. The molecule has 0 aliphatic carbocycles. The second-order valence-corrected chi connectivity index (χ2v) is 8.29. The first kappa shape index (κ1) is 23.1. The molecule has 3 rings (SSSR count). The number of anilines is 3. The molecular weight excluding hydrogens is 414 g/mol. The van der Waals surface area contributed by atoms with E-state index in [0.29, 0.717) is 30.2 Å². The molecule has 2 N–H and O–H groups in total. The van der Waals surface area contributed by atoms with Gasteiger partial charge in [0.25, 0.3) is 0 Å². The average Bonchev–Trinajstić information content (AvgIpc) is 2.75. The predicted octanol–water partition coefficient (Wildman–Crippen LogP) is 2.99. The third kappa shape index (κ3) is 7.24. The van der Waals surface area contributed by atoms with E-state index in [9.17, 15) is 9.59 Å². The number of halogens is 1. The van der Waals surface area contributed by atoms with E-state index < -0.39 is 0 Å². The van der Waals surface area contributed by atoms with Crippen LogP contribution in [0.2, 0.25) is 5.02 Å². The van der Waals surface area contributed by atoms with Crippen molar-refractivity contribution in [2.24, 2.45) is 0 Å². The molecule has 0 bridgehead atoms. The summed E-state index contributed by atoms with van der Waals surface area (Å²) in [5.41, 5.74) is 2.54. The van der Waals surface area contributed by atoms with E-state index in [0.717, 1.165) is 37.6 Å². The van der Waals surface area contributed by atoms with Gasteiger partial charge in [-0.3, -0.25) is 14.5 Å². The molecule has 31 heavy (non-hydrogen) atoms. The summed E-state index contributed by atoms with van der Waals surface area (Å²) < 4.78 is 0. The normalized spacial score (nSPS) is 14.8. The van der Waals surface area contributed by atoms with Gasteiger partial charge in [-0.05, 0) is 36.4 Å². The van der Waals surface area contributed by atoms with Crippen LogP contribution in [0.4, 0.5) is 17.1 Å². The molecule has 1 heterocycles. The molecule has 0 atom stereocenters. The predicted molar refractivity (Wildman–Crippen MR) is 127 cm³/mol. The first-order valence-electron chi connectivity index (χ1n) is 10.5. The lowest BCUT2D eigenvalue weighted by Crippen LogP contribution is -2.49. The molecule has 0 aromatic heterocycles. The van der Waals surface area contributed by atoms with Crippen molar-refractivity contribution in [1.82, 2.24) is 9.80 Å². The second kappa shape index (κ2) is 11.1. The molecule has 2 amide bonds. The zero-order valence-corrected chi connectivity index (χ0v) is 18.9. The largest absolute Gasteiger partial charge is 0.378 e. The minimum absolute atomic E-state index is 0.0131. The maximum atomic E-state index is 12.3. The van der Waals surface area contributed by atoms with Crippen molar-refractivity contribution in [1.29, 1.82) is 0 Å². The molecule has 0 radical (unpaired) electrons. The monoisotopic (exact) mass is 443 g/mol. The van der Waals surface area contributed by atoms with Crippen molar-refractivity contribution >= 4 is 40.5 Å². The molecule has 1 saturated heterocycles. The summed E-state index contributed by atoms with van der Waals surface area (Å²) in [5.74, 6) is -0.0552. The number of carbonyl (C=O) groups excluding carboxylic acids is 2. The highest BCUT2D eigenvalue weighted by atomic mass is 35.5. The summed E-state index contributed by atoms with van der Waals surface area (Å²) in [7, 11) is 3.97. The van der Waals surface area contributed by atoms with Gasteiger partial charge < -0.3 is 20.4 Å². The Morgan fingerprint density at radius 1 is 0.903 bits per heavy atom. The van der Waals surface area contributed by atoms with Gasteiger partial charge in [-0.1, -0.05) is 23.7 Å². The summed E-state index contributed by atoms with van der Waals surface area (Å²) in [4.78, 5) is 30.9. The molecule has 2 aromatic rings. The fraction of sp³-hybridized carbons (Fsp3) is 0.391. The van der Waals surface area contributed by atoms with Crippen LogP contribution in [-0.2, 0) is 9.59 Å². The SMILES string of the molecule is CN(C)c1ccc(NC(=O)CCN2CCN(CC(=O)Nc3ccccc3Cl)CC2)cc1. The number of amides is 2. The maximum Gasteiger partial charge on any atom is 0.238 e. The van der Waals surface area contributed by atoms with Crippen molar-refractivity contribution in [3.8, 4) is 0 Å². The van der Waals surface area contributed by atoms with Gasteiger partial charge >= 0.3 is 0 Å². The van der Waals surface area contributed by atoms with Crippen LogP contribution < -0.4 is 15.5 Å². The number of carbonyl (C=O) groups is 2. The maximum absolute atomic E-state index is 12.3. The Hall–Kier alpha value is -2.61. The van der Waals surface area contributed by atoms with Crippen LogP contribution in [0.1, 0.15) is 6.42 Å². The molecule has 7 nitrogen and oxygen atoms in total. The Labute approximate surface area is 189 Å². The molecule has 1 aliphatic rings. The topological polar surface area (TPSA) is 67.9 Å². The summed E-state index contributed by atoms with van der Waals surface area (Å²) in [6.45, 7) is 4.31. The van der Waals surface area contributed by atoms with Crippen LogP contribution in [0.3, 0.4) is 0 Å². The first-order chi connectivity index (χ1) is 14.9. The minimum atomic E-state index is -0.0683. The number of nitrogens with one attached hydrogen (secondary N) is 2. The molecule has 166 valence electrons. The number of hydrogen-bond acceptors (Lipinski definition) is 5. The third-order valence-electron chi connectivity index (χ3n) is 5.30. The average molecular weight is 444 g/mol. The van der Waals surface area contributed by atoms with Crippen molar-refractivity contribution in [3.63, 3.8) is 0 Å². The zero-order valence-electron chi connectivity index (χ0n) is 18.1. The molecule has 0 unspecified atom stereocenters. The molecule has 0 saturated carbocycles. The summed E-state index contributed by atoms with van der Waals surface area (Å²) >= 11 is 6.09. The number of benzene rings is 2. The van der Waals surface area contributed by atoms with Gasteiger partial charge in [0.05, 0.1) is 17.3 Å². The van der Waals surface area contributed by atoms with Crippen molar-refractivity contribution < 1.29 is 9.59 Å². The van der Waals surface area contributed by atoms with Gasteiger partial charge in [0.2, 0.25) is 11.8 Å². The van der Waals surface area contributed by atoms with Crippen LogP contribution in [0.5, 0.6) is 0 Å². The highest BCUT2D eigenvalue weighted by molar-refractivity contribution is 6.33. The van der Waals surface area contributed by atoms with E-state index in [2.05, 4.69) is 20.4 Å². The number of rotatable bonds is 8. The van der Waals surface area contributed by atoms with Crippen LogP contribution in [0, 0.1) is 0 Å². The van der Waals surface area contributed by atoms with Gasteiger partial charge in [0, 0.05) is 64.6 Å². The Balaban J connectivity index is 1.34. The quantitative estimate of drug-likeness (QED) is 0.656. The fourth-order valence-electron chi connectivity index (χ4n) is 3.45. The van der Waals surface area contributed by atoms with E-state index in [1.807, 2.05) is 55.4 Å².